The summed E-state index contributed by atoms with van der Waals surface area (Å²) in [6.07, 6.45) is 1.80. The van der Waals surface area contributed by atoms with Crippen molar-refractivity contribution in [1.29, 1.82) is 0 Å². The largest absolute Gasteiger partial charge is 0.465 e. The fourth-order valence-corrected chi connectivity index (χ4v) is 1.50. The van der Waals surface area contributed by atoms with Gasteiger partial charge in [0, 0.05) is 12.2 Å². The van der Waals surface area contributed by atoms with E-state index in [9.17, 15) is 4.79 Å². The minimum atomic E-state index is -0.219. The number of hydrogen-bond donors (Lipinski definition) is 0. The van der Waals surface area contributed by atoms with Gasteiger partial charge in [0.25, 0.3) is 0 Å². The molecule has 0 radical (unpaired) electrons. The molecule has 94 valence electrons. The molecule has 0 saturated heterocycles. The number of carbonyl (C=O) groups is 1. The molecule has 0 aliphatic heterocycles. The average Bonchev–Trinajstić information content (AvgIpc) is 2.27. The van der Waals surface area contributed by atoms with Gasteiger partial charge in [0.2, 0.25) is 0 Å². The lowest BCUT2D eigenvalue weighted by molar-refractivity contribution is -0.141. The van der Waals surface area contributed by atoms with Crippen LogP contribution in [0.4, 0.5) is 5.82 Å². The quantitative estimate of drug-likeness (QED) is 0.735. The number of nitrogens with zero attached hydrogens (tertiary/aromatic N) is 2. The third kappa shape index (κ3) is 4.06. The van der Waals surface area contributed by atoms with E-state index in [0.29, 0.717) is 6.61 Å². The lowest BCUT2D eigenvalue weighted by atomic mass is 10.2. The van der Waals surface area contributed by atoms with E-state index >= 15 is 0 Å². The van der Waals surface area contributed by atoms with E-state index in [1.54, 1.807) is 6.20 Å². The van der Waals surface area contributed by atoms with Crippen molar-refractivity contribution in [1.82, 2.24) is 4.98 Å². The zero-order valence-corrected chi connectivity index (χ0v) is 10.9. The van der Waals surface area contributed by atoms with Crippen LogP contribution in [-0.4, -0.2) is 30.1 Å². The van der Waals surface area contributed by atoms with E-state index in [1.807, 2.05) is 44.7 Å². The molecule has 0 aliphatic carbocycles. The Morgan fingerprint density at radius 1 is 1.47 bits per heavy atom. The standard InChI is InChI=1S/C13H20N2O2/c1-5-17-13(16)9-15(10(2)3)12-7-6-11(4)8-14-12/h6-8,10H,5,9H2,1-4H3. The number of rotatable bonds is 5. The predicted molar refractivity (Wildman–Crippen MR) is 68.1 cm³/mol. The molecule has 1 aromatic rings. The number of ether oxygens (including phenoxy) is 1. The van der Waals surface area contributed by atoms with Gasteiger partial charge >= 0.3 is 5.97 Å². The summed E-state index contributed by atoms with van der Waals surface area (Å²) < 4.78 is 4.96. The second-order valence-corrected chi connectivity index (χ2v) is 4.22. The SMILES string of the molecule is CCOC(=O)CN(c1ccc(C)cn1)C(C)C. The van der Waals surface area contributed by atoms with Crippen LogP contribution in [0.25, 0.3) is 0 Å². The lowest BCUT2D eigenvalue weighted by Gasteiger charge is -2.26. The average molecular weight is 236 g/mol. The first kappa shape index (κ1) is 13.5. The normalized spacial score (nSPS) is 10.4. The Bertz CT molecular complexity index is 360. The third-order valence-electron chi connectivity index (χ3n) is 2.42. The van der Waals surface area contributed by atoms with Gasteiger partial charge in [-0.25, -0.2) is 4.98 Å². The minimum Gasteiger partial charge on any atom is -0.465 e. The summed E-state index contributed by atoms with van der Waals surface area (Å²) in [5, 5.41) is 0. The Hall–Kier alpha value is -1.58. The molecule has 0 aromatic carbocycles. The molecule has 0 saturated carbocycles. The number of hydrogen-bond acceptors (Lipinski definition) is 4. The number of esters is 1. The van der Waals surface area contributed by atoms with Crippen LogP contribution in [0.2, 0.25) is 0 Å². The van der Waals surface area contributed by atoms with E-state index in [1.165, 1.54) is 0 Å². The highest BCUT2D eigenvalue weighted by Gasteiger charge is 2.16. The van der Waals surface area contributed by atoms with Gasteiger partial charge in [0.1, 0.15) is 12.4 Å². The van der Waals surface area contributed by atoms with Crippen LogP contribution in [0.15, 0.2) is 18.3 Å². The summed E-state index contributed by atoms with van der Waals surface area (Å²) in [4.78, 5) is 17.8. The highest BCUT2D eigenvalue weighted by atomic mass is 16.5. The van der Waals surface area contributed by atoms with Crippen molar-refractivity contribution in [3.63, 3.8) is 0 Å². The molecule has 0 amide bonds. The highest BCUT2D eigenvalue weighted by Crippen LogP contribution is 2.14. The van der Waals surface area contributed by atoms with Crippen molar-refractivity contribution in [2.24, 2.45) is 0 Å². The number of aromatic nitrogens is 1. The van der Waals surface area contributed by atoms with Crippen LogP contribution in [0, 0.1) is 6.92 Å². The molecule has 0 atom stereocenters. The van der Waals surface area contributed by atoms with Crippen molar-refractivity contribution >= 4 is 11.8 Å². The predicted octanol–water partition coefficient (Wildman–Crippen LogP) is 2.17. The number of carbonyl (C=O) groups excluding carboxylic acids is 1. The monoisotopic (exact) mass is 236 g/mol. The Labute approximate surface area is 103 Å². The summed E-state index contributed by atoms with van der Waals surface area (Å²) in [7, 11) is 0. The second kappa shape index (κ2) is 6.23. The Kier molecular flexibility index (Phi) is 4.94. The molecule has 4 heteroatoms. The second-order valence-electron chi connectivity index (χ2n) is 4.22. The zero-order chi connectivity index (χ0) is 12.8. The van der Waals surface area contributed by atoms with E-state index in [-0.39, 0.29) is 18.6 Å². The molecule has 1 heterocycles. The number of anilines is 1. The van der Waals surface area contributed by atoms with Crippen molar-refractivity contribution in [2.45, 2.75) is 33.7 Å². The van der Waals surface area contributed by atoms with Crippen LogP contribution in [0.5, 0.6) is 0 Å². The van der Waals surface area contributed by atoms with Crippen LogP contribution < -0.4 is 4.90 Å². The molecule has 0 fully saturated rings. The van der Waals surface area contributed by atoms with Crippen LogP contribution >= 0.6 is 0 Å². The molecule has 0 aliphatic rings. The number of aryl methyl sites for hydroxylation is 1. The zero-order valence-electron chi connectivity index (χ0n) is 10.9. The first-order chi connectivity index (χ1) is 8.04. The maximum absolute atomic E-state index is 11.5. The minimum absolute atomic E-state index is 0.203. The third-order valence-corrected chi connectivity index (χ3v) is 2.42. The molecule has 0 unspecified atom stereocenters. The molecular formula is C13H20N2O2. The summed E-state index contributed by atoms with van der Waals surface area (Å²) in [6, 6.07) is 4.12. The van der Waals surface area contributed by atoms with Gasteiger partial charge < -0.3 is 9.64 Å². The number of pyridine rings is 1. The van der Waals surface area contributed by atoms with Crippen LogP contribution in [0.1, 0.15) is 26.3 Å². The fraction of sp³-hybridized carbons (Fsp3) is 0.538. The molecular weight excluding hydrogens is 216 g/mol. The summed E-state index contributed by atoms with van der Waals surface area (Å²) in [5.74, 6) is 0.585. The fourth-order valence-electron chi connectivity index (χ4n) is 1.50. The summed E-state index contributed by atoms with van der Waals surface area (Å²) in [6.45, 7) is 8.50. The van der Waals surface area contributed by atoms with Crippen molar-refractivity contribution in [2.75, 3.05) is 18.1 Å². The van der Waals surface area contributed by atoms with E-state index < -0.39 is 0 Å². The topological polar surface area (TPSA) is 42.4 Å². The van der Waals surface area contributed by atoms with Gasteiger partial charge in [-0.05, 0) is 39.3 Å². The molecule has 1 rings (SSSR count). The van der Waals surface area contributed by atoms with E-state index in [0.717, 1.165) is 11.4 Å². The maximum atomic E-state index is 11.5. The van der Waals surface area contributed by atoms with E-state index in [2.05, 4.69) is 4.98 Å². The van der Waals surface area contributed by atoms with Gasteiger partial charge in [-0.2, -0.15) is 0 Å². The smallest absolute Gasteiger partial charge is 0.325 e. The van der Waals surface area contributed by atoms with E-state index in [4.69, 9.17) is 4.74 Å². The van der Waals surface area contributed by atoms with Gasteiger partial charge in [-0.15, -0.1) is 0 Å². The Morgan fingerprint density at radius 2 is 2.18 bits per heavy atom. The van der Waals surface area contributed by atoms with Crippen LogP contribution in [-0.2, 0) is 9.53 Å². The van der Waals surface area contributed by atoms with Crippen molar-refractivity contribution < 1.29 is 9.53 Å². The Morgan fingerprint density at radius 3 is 2.65 bits per heavy atom. The van der Waals surface area contributed by atoms with Gasteiger partial charge in [0.15, 0.2) is 0 Å². The first-order valence-electron chi connectivity index (χ1n) is 5.89. The molecule has 0 bridgehead atoms. The summed E-state index contributed by atoms with van der Waals surface area (Å²) >= 11 is 0. The van der Waals surface area contributed by atoms with Gasteiger partial charge in [-0.1, -0.05) is 6.07 Å². The van der Waals surface area contributed by atoms with Crippen molar-refractivity contribution in [3.8, 4) is 0 Å². The summed E-state index contributed by atoms with van der Waals surface area (Å²) in [5.41, 5.74) is 1.11. The highest BCUT2D eigenvalue weighted by molar-refractivity contribution is 5.75. The molecule has 0 spiro atoms. The maximum Gasteiger partial charge on any atom is 0.325 e. The first-order valence-corrected chi connectivity index (χ1v) is 5.89. The lowest BCUT2D eigenvalue weighted by Crippen LogP contribution is -2.37. The molecule has 0 N–H and O–H groups in total. The van der Waals surface area contributed by atoms with Crippen molar-refractivity contribution in [3.05, 3.63) is 23.9 Å². The Balaban J connectivity index is 2.79. The van der Waals surface area contributed by atoms with Crippen LogP contribution in [0.3, 0.4) is 0 Å². The molecule has 4 nitrogen and oxygen atoms in total. The van der Waals surface area contributed by atoms with Gasteiger partial charge in [0.05, 0.1) is 6.61 Å². The molecule has 17 heavy (non-hydrogen) atoms. The molecule has 1 aromatic heterocycles. The van der Waals surface area contributed by atoms with Gasteiger partial charge in [-0.3, -0.25) is 4.79 Å².